The summed E-state index contributed by atoms with van der Waals surface area (Å²) >= 11 is 0. The first-order valence-electron chi connectivity index (χ1n) is 4.86. The van der Waals surface area contributed by atoms with Crippen LogP contribution in [0.3, 0.4) is 0 Å². The highest BCUT2D eigenvalue weighted by Gasteiger charge is 2.30. The topological polar surface area (TPSA) is 38.3 Å². The first-order valence-corrected chi connectivity index (χ1v) is 4.86. The Morgan fingerprint density at radius 3 is 2.17 bits per heavy atom. The van der Waals surface area contributed by atoms with Crippen molar-refractivity contribution in [3.8, 4) is 0 Å². The Balaban J connectivity index is 0.00000289. The smallest absolute Gasteiger partial charge is 0.416 e. The van der Waals surface area contributed by atoms with Crippen molar-refractivity contribution in [1.82, 2.24) is 0 Å². The van der Waals surface area contributed by atoms with Gasteiger partial charge in [-0.25, -0.2) is 4.79 Å². The molecule has 0 radical (unpaired) electrons. The van der Waals surface area contributed by atoms with Crippen LogP contribution in [0.25, 0.3) is 0 Å². The van der Waals surface area contributed by atoms with Gasteiger partial charge in [0.2, 0.25) is 0 Å². The van der Waals surface area contributed by atoms with Crippen molar-refractivity contribution < 1.29 is 22.7 Å². The van der Waals surface area contributed by atoms with Gasteiger partial charge < -0.3 is 10.1 Å². The number of methoxy groups -OCH3 is 1. The van der Waals surface area contributed by atoms with Gasteiger partial charge in [-0.1, -0.05) is 0 Å². The van der Waals surface area contributed by atoms with Crippen LogP contribution in [0, 0.1) is 0 Å². The van der Waals surface area contributed by atoms with Gasteiger partial charge in [0.1, 0.15) is 6.04 Å². The van der Waals surface area contributed by atoms with Crippen molar-refractivity contribution in [2.45, 2.75) is 19.1 Å². The zero-order valence-corrected chi connectivity index (χ0v) is 10.6. The molecule has 1 N–H and O–H groups in total. The van der Waals surface area contributed by atoms with Gasteiger partial charge in [-0.15, -0.1) is 12.4 Å². The lowest BCUT2D eigenvalue weighted by Crippen LogP contribution is -2.27. The van der Waals surface area contributed by atoms with Crippen LogP contribution in [0.15, 0.2) is 24.3 Å². The molecule has 0 aromatic heterocycles. The summed E-state index contributed by atoms with van der Waals surface area (Å²) in [6.45, 7) is 1.56. The minimum Gasteiger partial charge on any atom is -0.467 e. The van der Waals surface area contributed by atoms with Crippen molar-refractivity contribution in [2.75, 3.05) is 12.4 Å². The lowest BCUT2D eigenvalue weighted by molar-refractivity contribution is -0.141. The summed E-state index contributed by atoms with van der Waals surface area (Å²) < 4.78 is 41.3. The van der Waals surface area contributed by atoms with E-state index in [0.29, 0.717) is 5.69 Å². The average Bonchev–Trinajstić information content (AvgIpc) is 2.27. The second-order valence-electron chi connectivity index (χ2n) is 3.46. The van der Waals surface area contributed by atoms with Crippen LogP contribution in [-0.2, 0) is 15.7 Å². The summed E-state index contributed by atoms with van der Waals surface area (Å²) in [5.41, 5.74) is -0.301. The minimum absolute atomic E-state index is 0. The number of esters is 1. The van der Waals surface area contributed by atoms with Gasteiger partial charge in [0.25, 0.3) is 0 Å². The van der Waals surface area contributed by atoms with Crippen LogP contribution in [0.4, 0.5) is 18.9 Å². The van der Waals surface area contributed by atoms with Gasteiger partial charge in [-0.2, -0.15) is 13.2 Å². The van der Waals surface area contributed by atoms with Gasteiger partial charge in [-0.05, 0) is 31.2 Å². The van der Waals surface area contributed by atoms with Crippen LogP contribution in [0.5, 0.6) is 0 Å². The zero-order valence-electron chi connectivity index (χ0n) is 9.75. The van der Waals surface area contributed by atoms with Gasteiger partial charge >= 0.3 is 12.1 Å². The molecule has 0 aliphatic heterocycles. The number of ether oxygens (including phenoxy) is 1. The molecule has 3 nitrogen and oxygen atoms in total. The highest BCUT2D eigenvalue weighted by molar-refractivity contribution is 5.85. The third-order valence-corrected chi connectivity index (χ3v) is 2.15. The Morgan fingerprint density at radius 1 is 1.28 bits per heavy atom. The van der Waals surface area contributed by atoms with E-state index in [1.807, 2.05) is 0 Å². The Bertz CT molecular complexity index is 392. The molecule has 18 heavy (non-hydrogen) atoms. The maximum Gasteiger partial charge on any atom is 0.416 e. The lowest BCUT2D eigenvalue weighted by atomic mass is 10.2. The van der Waals surface area contributed by atoms with E-state index < -0.39 is 23.8 Å². The normalized spacial score (nSPS) is 12.3. The maximum absolute atomic E-state index is 12.3. The summed E-state index contributed by atoms with van der Waals surface area (Å²) in [5, 5.41) is 2.73. The third-order valence-electron chi connectivity index (χ3n) is 2.15. The van der Waals surface area contributed by atoms with Gasteiger partial charge in [0.05, 0.1) is 12.7 Å². The first kappa shape index (κ1) is 16.6. The van der Waals surface area contributed by atoms with Crippen LogP contribution >= 0.6 is 12.4 Å². The molecule has 0 spiro atoms. The highest BCUT2D eigenvalue weighted by Crippen LogP contribution is 2.29. The molecular formula is C11H13ClF3NO2. The summed E-state index contributed by atoms with van der Waals surface area (Å²) in [6, 6.07) is 3.82. The monoisotopic (exact) mass is 283 g/mol. The Morgan fingerprint density at radius 2 is 1.78 bits per heavy atom. The largest absolute Gasteiger partial charge is 0.467 e. The number of carbonyl (C=O) groups is 1. The number of hydrogen-bond donors (Lipinski definition) is 1. The fourth-order valence-electron chi connectivity index (χ4n) is 1.24. The van der Waals surface area contributed by atoms with E-state index in [9.17, 15) is 18.0 Å². The fourth-order valence-corrected chi connectivity index (χ4v) is 1.24. The molecule has 7 heteroatoms. The molecule has 1 aromatic carbocycles. The van der Waals surface area contributed by atoms with E-state index in [-0.39, 0.29) is 12.4 Å². The molecule has 0 bridgehead atoms. The van der Waals surface area contributed by atoms with E-state index in [1.165, 1.54) is 19.2 Å². The predicted octanol–water partition coefficient (Wildman–Crippen LogP) is 3.10. The first-order chi connectivity index (χ1) is 7.84. The number of alkyl halides is 3. The Kier molecular flexibility index (Phi) is 5.97. The van der Waals surface area contributed by atoms with Gasteiger partial charge in [0, 0.05) is 5.69 Å². The van der Waals surface area contributed by atoms with Crippen molar-refractivity contribution in [1.29, 1.82) is 0 Å². The predicted molar refractivity (Wildman–Crippen MR) is 63.8 cm³/mol. The van der Waals surface area contributed by atoms with E-state index in [2.05, 4.69) is 10.1 Å². The van der Waals surface area contributed by atoms with Crippen LogP contribution < -0.4 is 5.32 Å². The summed E-state index contributed by atoms with van der Waals surface area (Å²) in [4.78, 5) is 11.1. The molecular weight excluding hydrogens is 271 g/mol. The molecule has 0 saturated heterocycles. The number of carbonyl (C=O) groups excluding carboxylic acids is 1. The molecule has 0 heterocycles. The maximum atomic E-state index is 12.3. The van der Waals surface area contributed by atoms with E-state index in [0.717, 1.165) is 12.1 Å². The molecule has 1 aromatic rings. The van der Waals surface area contributed by atoms with Crippen molar-refractivity contribution in [3.63, 3.8) is 0 Å². The molecule has 102 valence electrons. The molecule has 1 rings (SSSR count). The number of benzene rings is 1. The van der Waals surface area contributed by atoms with Crippen LogP contribution in [0.2, 0.25) is 0 Å². The molecule has 0 aliphatic rings. The lowest BCUT2D eigenvalue weighted by Gasteiger charge is -2.13. The molecule has 0 saturated carbocycles. The summed E-state index contributed by atoms with van der Waals surface area (Å²) in [5.74, 6) is -0.482. The number of rotatable bonds is 3. The molecule has 0 amide bonds. The number of halogens is 4. The summed E-state index contributed by atoms with van der Waals surface area (Å²) in [6.07, 6.45) is -4.35. The second-order valence-corrected chi connectivity index (χ2v) is 3.46. The van der Waals surface area contributed by atoms with Crippen molar-refractivity contribution in [3.05, 3.63) is 29.8 Å². The number of nitrogens with one attached hydrogen (secondary N) is 1. The number of anilines is 1. The quantitative estimate of drug-likeness (QED) is 0.866. The van der Waals surface area contributed by atoms with Crippen LogP contribution in [-0.4, -0.2) is 19.1 Å². The molecule has 0 aliphatic carbocycles. The third kappa shape index (κ3) is 4.44. The SMILES string of the molecule is COC(=O)[C@H](C)Nc1ccc(C(F)(F)F)cc1.Cl. The minimum atomic E-state index is -4.35. The fraction of sp³-hybridized carbons (Fsp3) is 0.364. The second kappa shape index (κ2) is 6.49. The molecule has 0 unspecified atom stereocenters. The van der Waals surface area contributed by atoms with E-state index >= 15 is 0 Å². The van der Waals surface area contributed by atoms with E-state index in [4.69, 9.17) is 0 Å². The Hall–Kier alpha value is -1.43. The van der Waals surface area contributed by atoms with Crippen molar-refractivity contribution in [2.24, 2.45) is 0 Å². The van der Waals surface area contributed by atoms with Crippen LogP contribution in [0.1, 0.15) is 12.5 Å². The summed E-state index contributed by atoms with van der Waals surface area (Å²) in [7, 11) is 1.24. The van der Waals surface area contributed by atoms with Gasteiger partial charge in [-0.3, -0.25) is 0 Å². The Labute approximate surface area is 109 Å². The van der Waals surface area contributed by atoms with Gasteiger partial charge in [0.15, 0.2) is 0 Å². The average molecular weight is 284 g/mol. The number of hydrogen-bond acceptors (Lipinski definition) is 3. The molecule has 1 atom stereocenters. The standard InChI is InChI=1S/C11H12F3NO2.ClH/c1-7(10(16)17-2)15-9-5-3-8(4-6-9)11(12,13)14;/h3-7,15H,1-2H3;1H/t7-;/m0./s1. The van der Waals surface area contributed by atoms with Crippen molar-refractivity contribution >= 4 is 24.1 Å². The highest BCUT2D eigenvalue weighted by atomic mass is 35.5. The zero-order chi connectivity index (χ0) is 13.1. The van der Waals surface area contributed by atoms with E-state index in [1.54, 1.807) is 6.92 Å². The molecule has 0 fully saturated rings.